The molecule has 0 N–H and O–H groups in total. The minimum atomic E-state index is -0.529. The minimum Gasteiger partial charge on any atom is -0.465 e. The Hall–Kier alpha value is -2.09. The van der Waals surface area contributed by atoms with E-state index in [2.05, 4.69) is 4.74 Å². The molecule has 5 heteroatoms. The van der Waals surface area contributed by atoms with Gasteiger partial charge in [0.25, 0.3) is 5.56 Å². The molecule has 0 amide bonds. The van der Waals surface area contributed by atoms with Crippen LogP contribution in [0.4, 0.5) is 0 Å². The van der Waals surface area contributed by atoms with E-state index in [9.17, 15) is 9.59 Å². The fourth-order valence-corrected chi connectivity index (χ4v) is 2.37. The normalized spacial score (nSPS) is 15.3. The first-order valence-electron chi connectivity index (χ1n) is 5.92. The molecule has 0 radical (unpaired) electrons. The van der Waals surface area contributed by atoms with Gasteiger partial charge in [0.1, 0.15) is 11.6 Å². The Morgan fingerprint density at radius 1 is 1.50 bits per heavy atom. The molecule has 5 nitrogen and oxygen atoms in total. The molecule has 0 saturated heterocycles. The Labute approximate surface area is 105 Å². The van der Waals surface area contributed by atoms with Gasteiger partial charge in [-0.3, -0.25) is 4.79 Å². The summed E-state index contributed by atoms with van der Waals surface area (Å²) in [5, 5.41) is 8.95. The molecule has 0 unspecified atom stereocenters. The number of carbonyl (C=O) groups is 1. The minimum absolute atomic E-state index is 0.00944. The Kier molecular flexibility index (Phi) is 3.47. The molecule has 1 aromatic rings. The van der Waals surface area contributed by atoms with E-state index < -0.39 is 5.97 Å². The summed E-state index contributed by atoms with van der Waals surface area (Å²) >= 11 is 0. The number of hydrogen-bond donors (Lipinski definition) is 0. The third-order valence-electron chi connectivity index (χ3n) is 3.30. The molecular formula is C13H14N2O3. The second-order valence-corrected chi connectivity index (χ2v) is 4.40. The standard InChI is InChI=1S/C13H14N2O3/c1-18-13(17)10-6-9(7-14)12(16)15(8-10)11-4-2-3-5-11/h6,8,11H,2-5H2,1H3. The number of rotatable bonds is 2. The topological polar surface area (TPSA) is 72.1 Å². The lowest BCUT2D eigenvalue weighted by Gasteiger charge is -2.14. The highest BCUT2D eigenvalue weighted by Gasteiger charge is 2.21. The summed E-state index contributed by atoms with van der Waals surface area (Å²) in [6.45, 7) is 0. The molecule has 1 fully saturated rings. The van der Waals surface area contributed by atoms with E-state index in [1.165, 1.54) is 23.9 Å². The van der Waals surface area contributed by atoms with Gasteiger partial charge in [-0.2, -0.15) is 5.26 Å². The van der Waals surface area contributed by atoms with Crippen molar-refractivity contribution >= 4 is 5.97 Å². The van der Waals surface area contributed by atoms with Crippen LogP contribution in [-0.4, -0.2) is 17.6 Å². The van der Waals surface area contributed by atoms with Crippen LogP contribution < -0.4 is 5.56 Å². The number of methoxy groups -OCH3 is 1. The average Bonchev–Trinajstić information content (AvgIpc) is 2.92. The monoisotopic (exact) mass is 246 g/mol. The summed E-state index contributed by atoms with van der Waals surface area (Å²) in [5.41, 5.74) is -0.0811. The summed E-state index contributed by atoms with van der Waals surface area (Å²) in [4.78, 5) is 23.6. The van der Waals surface area contributed by atoms with Crippen LogP contribution in [0.1, 0.15) is 47.6 Å². The zero-order valence-electron chi connectivity index (χ0n) is 10.2. The highest BCUT2D eigenvalue weighted by molar-refractivity contribution is 5.89. The SMILES string of the molecule is COC(=O)c1cc(C#N)c(=O)n(C2CCCC2)c1. The Bertz CT molecular complexity index is 563. The van der Waals surface area contributed by atoms with Crippen molar-refractivity contribution in [1.82, 2.24) is 4.57 Å². The van der Waals surface area contributed by atoms with Gasteiger partial charge in [-0.05, 0) is 18.9 Å². The Morgan fingerprint density at radius 3 is 2.72 bits per heavy atom. The van der Waals surface area contributed by atoms with Crippen LogP contribution >= 0.6 is 0 Å². The first kappa shape index (κ1) is 12.4. The molecule has 1 aliphatic carbocycles. The van der Waals surface area contributed by atoms with Crippen LogP contribution in [0.15, 0.2) is 17.1 Å². The predicted molar refractivity (Wildman–Crippen MR) is 64.3 cm³/mol. The van der Waals surface area contributed by atoms with Crippen molar-refractivity contribution in [1.29, 1.82) is 5.26 Å². The van der Waals surface area contributed by atoms with E-state index in [4.69, 9.17) is 5.26 Å². The van der Waals surface area contributed by atoms with E-state index in [0.717, 1.165) is 25.7 Å². The Morgan fingerprint density at radius 2 is 2.17 bits per heavy atom. The fraction of sp³-hybridized carbons (Fsp3) is 0.462. The number of nitriles is 1. The van der Waals surface area contributed by atoms with Gasteiger partial charge in [0.2, 0.25) is 0 Å². The third-order valence-corrected chi connectivity index (χ3v) is 3.30. The molecule has 0 spiro atoms. The van der Waals surface area contributed by atoms with Gasteiger partial charge in [-0.25, -0.2) is 4.79 Å². The number of nitrogens with zero attached hydrogens (tertiary/aromatic N) is 2. The summed E-state index contributed by atoms with van der Waals surface area (Å²) in [7, 11) is 1.28. The van der Waals surface area contributed by atoms with Gasteiger partial charge in [0.05, 0.1) is 12.7 Å². The number of esters is 1. The van der Waals surface area contributed by atoms with Crippen LogP contribution in [0.3, 0.4) is 0 Å². The summed E-state index contributed by atoms with van der Waals surface area (Å²) in [5.74, 6) is -0.529. The second kappa shape index (κ2) is 5.05. The molecule has 2 rings (SSSR count). The van der Waals surface area contributed by atoms with Crippen molar-refractivity contribution in [2.45, 2.75) is 31.7 Å². The zero-order valence-corrected chi connectivity index (χ0v) is 10.2. The van der Waals surface area contributed by atoms with Crippen molar-refractivity contribution in [3.05, 3.63) is 33.7 Å². The molecule has 18 heavy (non-hydrogen) atoms. The van der Waals surface area contributed by atoms with E-state index in [0.29, 0.717) is 0 Å². The van der Waals surface area contributed by atoms with Crippen molar-refractivity contribution in [3.8, 4) is 6.07 Å². The third kappa shape index (κ3) is 2.14. The fourth-order valence-electron chi connectivity index (χ4n) is 2.37. The largest absolute Gasteiger partial charge is 0.465 e. The van der Waals surface area contributed by atoms with E-state index in [1.54, 1.807) is 0 Å². The first-order valence-corrected chi connectivity index (χ1v) is 5.92. The molecule has 1 heterocycles. The molecule has 0 aliphatic heterocycles. The van der Waals surface area contributed by atoms with Gasteiger partial charge in [-0.15, -0.1) is 0 Å². The number of ether oxygens (including phenoxy) is 1. The number of aromatic nitrogens is 1. The zero-order chi connectivity index (χ0) is 13.1. The molecule has 94 valence electrons. The number of pyridine rings is 1. The van der Waals surface area contributed by atoms with Crippen molar-refractivity contribution in [2.24, 2.45) is 0 Å². The smallest absolute Gasteiger partial charge is 0.339 e. The van der Waals surface area contributed by atoms with Crippen LogP contribution in [-0.2, 0) is 4.74 Å². The van der Waals surface area contributed by atoms with Gasteiger partial charge in [0, 0.05) is 12.2 Å². The lowest BCUT2D eigenvalue weighted by Crippen LogP contribution is -2.26. The van der Waals surface area contributed by atoms with Crippen LogP contribution in [0.25, 0.3) is 0 Å². The van der Waals surface area contributed by atoms with Crippen LogP contribution in [0.2, 0.25) is 0 Å². The van der Waals surface area contributed by atoms with E-state index in [-0.39, 0.29) is 22.7 Å². The lowest BCUT2D eigenvalue weighted by molar-refractivity contribution is 0.0599. The van der Waals surface area contributed by atoms with Crippen molar-refractivity contribution in [2.75, 3.05) is 7.11 Å². The maximum atomic E-state index is 12.0. The quantitative estimate of drug-likeness (QED) is 0.743. The summed E-state index contributed by atoms with van der Waals surface area (Å²) < 4.78 is 6.14. The molecular weight excluding hydrogens is 232 g/mol. The van der Waals surface area contributed by atoms with Gasteiger partial charge < -0.3 is 9.30 Å². The highest BCUT2D eigenvalue weighted by Crippen LogP contribution is 2.28. The molecule has 0 aromatic carbocycles. The summed E-state index contributed by atoms with van der Waals surface area (Å²) in [6.07, 6.45) is 5.47. The predicted octanol–water partition coefficient (Wildman–Crippen LogP) is 1.62. The second-order valence-electron chi connectivity index (χ2n) is 4.40. The maximum absolute atomic E-state index is 12.0. The van der Waals surface area contributed by atoms with Gasteiger partial charge in [-0.1, -0.05) is 12.8 Å². The van der Waals surface area contributed by atoms with Crippen LogP contribution in [0, 0.1) is 11.3 Å². The summed E-state index contributed by atoms with van der Waals surface area (Å²) in [6, 6.07) is 3.22. The van der Waals surface area contributed by atoms with E-state index >= 15 is 0 Å². The van der Waals surface area contributed by atoms with Gasteiger partial charge in [0.15, 0.2) is 0 Å². The first-order chi connectivity index (χ1) is 8.67. The Balaban J connectivity index is 2.54. The number of carbonyl (C=O) groups excluding carboxylic acids is 1. The van der Waals surface area contributed by atoms with Gasteiger partial charge >= 0.3 is 5.97 Å². The highest BCUT2D eigenvalue weighted by atomic mass is 16.5. The lowest BCUT2D eigenvalue weighted by atomic mass is 10.1. The van der Waals surface area contributed by atoms with Crippen LogP contribution in [0.5, 0.6) is 0 Å². The van der Waals surface area contributed by atoms with Crippen molar-refractivity contribution < 1.29 is 9.53 Å². The molecule has 1 aromatic heterocycles. The molecule has 0 atom stereocenters. The average molecular weight is 246 g/mol. The van der Waals surface area contributed by atoms with E-state index in [1.807, 2.05) is 6.07 Å². The maximum Gasteiger partial charge on any atom is 0.339 e. The molecule has 1 aliphatic rings. The molecule has 0 bridgehead atoms. The molecule has 1 saturated carbocycles. The number of hydrogen-bond acceptors (Lipinski definition) is 4. The van der Waals surface area contributed by atoms with Crippen molar-refractivity contribution in [3.63, 3.8) is 0 Å².